The Balaban J connectivity index is 4.81. The number of carboxylic acid groups (broad SMARTS) is 1. The van der Waals surface area contributed by atoms with Gasteiger partial charge in [0.2, 0.25) is 0 Å². The Morgan fingerprint density at radius 1 is 1.25 bits per heavy atom. The van der Waals surface area contributed by atoms with Crippen LogP contribution in [0.3, 0.4) is 0 Å². The minimum atomic E-state index is -3.98. The van der Waals surface area contributed by atoms with Gasteiger partial charge in [-0.15, -0.1) is 0 Å². The molecule has 0 aromatic carbocycles. The first kappa shape index (κ1) is 15.3. The van der Waals surface area contributed by atoms with Gasteiger partial charge in [0.25, 0.3) is 0 Å². The fraction of sp³-hybridized carbons (Fsp3) is 0.857. The maximum atomic E-state index is 11.5. The van der Waals surface area contributed by atoms with Crippen LogP contribution in [-0.4, -0.2) is 57.5 Å². The molecule has 0 aromatic heterocycles. The molecule has 0 spiro atoms. The fourth-order valence-electron chi connectivity index (χ4n) is 1.02. The Labute approximate surface area is 94.5 Å². The van der Waals surface area contributed by atoms with E-state index in [0.717, 1.165) is 6.26 Å². The minimum absolute atomic E-state index is 0.0882. The van der Waals surface area contributed by atoms with Crippen LogP contribution in [0.15, 0.2) is 0 Å². The summed E-state index contributed by atoms with van der Waals surface area (Å²) in [5.74, 6) is -2.77. The molecule has 0 fully saturated rings. The molecule has 0 heterocycles. The lowest BCUT2D eigenvalue weighted by molar-refractivity contribution is -0.136. The number of hydrogen-bond donors (Lipinski definition) is 2. The molecule has 7 nitrogen and oxygen atoms in total. The minimum Gasteiger partial charge on any atom is -0.480 e. The standard InChI is InChI=1S/C7H15NO6S2/c1-15(11,12)4-5-16(13,14)6(2-3-8)7(9)10/h6H,2-5,8H2,1H3,(H,9,10). The average molecular weight is 273 g/mol. The van der Waals surface area contributed by atoms with E-state index in [4.69, 9.17) is 10.8 Å². The highest BCUT2D eigenvalue weighted by atomic mass is 32.2. The van der Waals surface area contributed by atoms with Crippen LogP contribution in [0.4, 0.5) is 0 Å². The molecule has 0 aliphatic heterocycles. The number of aliphatic carboxylic acids is 1. The molecule has 3 N–H and O–H groups in total. The van der Waals surface area contributed by atoms with Gasteiger partial charge in [0.1, 0.15) is 9.84 Å². The maximum absolute atomic E-state index is 11.5. The molecule has 16 heavy (non-hydrogen) atoms. The third-order valence-electron chi connectivity index (χ3n) is 1.88. The summed E-state index contributed by atoms with van der Waals surface area (Å²) >= 11 is 0. The smallest absolute Gasteiger partial charge is 0.321 e. The molecule has 0 aliphatic rings. The fourth-order valence-corrected chi connectivity index (χ4v) is 4.24. The molecule has 0 aliphatic carbocycles. The predicted molar refractivity (Wildman–Crippen MR) is 58.6 cm³/mol. The first-order valence-corrected chi connectivity index (χ1v) is 8.20. The van der Waals surface area contributed by atoms with Crippen molar-refractivity contribution in [3.8, 4) is 0 Å². The Morgan fingerprint density at radius 3 is 2.06 bits per heavy atom. The van der Waals surface area contributed by atoms with Gasteiger partial charge in [-0.05, 0) is 13.0 Å². The molecule has 1 atom stereocenters. The summed E-state index contributed by atoms with van der Waals surface area (Å²) in [6.07, 6.45) is 0.669. The van der Waals surface area contributed by atoms with Crippen molar-refractivity contribution in [2.24, 2.45) is 5.73 Å². The Bertz CT molecular complexity index is 437. The summed E-state index contributed by atoms with van der Waals surface area (Å²) in [6, 6.07) is 0. The van der Waals surface area contributed by atoms with E-state index in [-0.39, 0.29) is 13.0 Å². The molecular formula is C7H15NO6S2. The van der Waals surface area contributed by atoms with E-state index in [0.29, 0.717) is 0 Å². The normalized spacial score (nSPS) is 14.6. The lowest BCUT2D eigenvalue weighted by Crippen LogP contribution is -2.35. The number of hydrogen-bond acceptors (Lipinski definition) is 6. The van der Waals surface area contributed by atoms with Gasteiger partial charge in [0, 0.05) is 6.26 Å². The molecule has 9 heteroatoms. The van der Waals surface area contributed by atoms with Crippen LogP contribution in [0.5, 0.6) is 0 Å². The van der Waals surface area contributed by atoms with E-state index in [2.05, 4.69) is 0 Å². The number of sulfone groups is 2. The van der Waals surface area contributed by atoms with Crippen molar-refractivity contribution in [2.75, 3.05) is 24.3 Å². The number of nitrogens with two attached hydrogens (primary N) is 1. The summed E-state index contributed by atoms with van der Waals surface area (Å²) < 4.78 is 44.6. The molecule has 1 unspecified atom stereocenters. The maximum Gasteiger partial charge on any atom is 0.321 e. The average Bonchev–Trinajstić information content (AvgIpc) is 2.09. The zero-order valence-electron chi connectivity index (χ0n) is 8.79. The van der Waals surface area contributed by atoms with Gasteiger partial charge in [-0.2, -0.15) is 0 Å². The molecule has 0 saturated carbocycles. The SMILES string of the molecule is CS(=O)(=O)CCS(=O)(=O)C(CCN)C(=O)O. The van der Waals surface area contributed by atoms with Crippen LogP contribution in [0.25, 0.3) is 0 Å². The second-order valence-corrected chi connectivity index (χ2v) is 7.96. The lowest BCUT2D eigenvalue weighted by atomic mass is 10.3. The van der Waals surface area contributed by atoms with E-state index in [9.17, 15) is 21.6 Å². The molecule has 0 amide bonds. The van der Waals surface area contributed by atoms with E-state index < -0.39 is 42.4 Å². The van der Waals surface area contributed by atoms with Gasteiger partial charge in [-0.1, -0.05) is 0 Å². The molecular weight excluding hydrogens is 258 g/mol. The second kappa shape index (κ2) is 5.60. The third kappa shape index (κ3) is 5.42. The van der Waals surface area contributed by atoms with Crippen LogP contribution >= 0.6 is 0 Å². The van der Waals surface area contributed by atoms with Gasteiger partial charge in [-0.25, -0.2) is 16.8 Å². The summed E-state index contributed by atoms with van der Waals surface area (Å²) in [5.41, 5.74) is 5.10. The summed E-state index contributed by atoms with van der Waals surface area (Å²) in [6.45, 7) is -0.0882. The first-order chi connectivity index (χ1) is 7.10. The van der Waals surface area contributed by atoms with E-state index >= 15 is 0 Å². The van der Waals surface area contributed by atoms with Crippen molar-refractivity contribution in [1.82, 2.24) is 0 Å². The van der Waals surface area contributed by atoms with Gasteiger partial charge >= 0.3 is 5.97 Å². The summed E-state index contributed by atoms with van der Waals surface area (Å²) in [4.78, 5) is 10.7. The monoisotopic (exact) mass is 273 g/mol. The Hall–Kier alpha value is -0.670. The molecule has 0 radical (unpaired) electrons. The third-order valence-corrected chi connectivity index (χ3v) is 5.16. The van der Waals surface area contributed by atoms with Gasteiger partial charge in [0.15, 0.2) is 15.1 Å². The summed E-state index contributed by atoms with van der Waals surface area (Å²) in [5, 5.41) is 7.06. The van der Waals surface area contributed by atoms with E-state index in [1.807, 2.05) is 0 Å². The van der Waals surface area contributed by atoms with Crippen molar-refractivity contribution in [3.63, 3.8) is 0 Å². The lowest BCUT2D eigenvalue weighted by Gasteiger charge is -2.11. The zero-order valence-corrected chi connectivity index (χ0v) is 10.4. The molecule has 0 aromatic rings. The quantitative estimate of drug-likeness (QED) is 0.562. The molecule has 0 bridgehead atoms. The van der Waals surface area contributed by atoms with Gasteiger partial charge in [0.05, 0.1) is 11.5 Å². The van der Waals surface area contributed by atoms with Crippen LogP contribution in [0, 0.1) is 0 Å². The largest absolute Gasteiger partial charge is 0.480 e. The Morgan fingerprint density at radius 2 is 1.75 bits per heavy atom. The summed E-state index contributed by atoms with van der Waals surface area (Å²) in [7, 11) is -7.41. The van der Waals surface area contributed by atoms with Crippen LogP contribution in [0.2, 0.25) is 0 Å². The highest BCUT2D eigenvalue weighted by molar-refractivity contribution is 7.95. The van der Waals surface area contributed by atoms with Crippen molar-refractivity contribution in [2.45, 2.75) is 11.7 Å². The first-order valence-electron chi connectivity index (χ1n) is 4.42. The van der Waals surface area contributed by atoms with E-state index in [1.165, 1.54) is 0 Å². The van der Waals surface area contributed by atoms with Crippen LogP contribution < -0.4 is 5.73 Å². The molecule has 0 saturated heterocycles. The highest BCUT2D eigenvalue weighted by Gasteiger charge is 2.32. The Kier molecular flexibility index (Phi) is 5.36. The molecule has 0 rings (SSSR count). The number of carbonyl (C=O) groups is 1. The van der Waals surface area contributed by atoms with Gasteiger partial charge in [-0.3, -0.25) is 4.79 Å². The number of carboxylic acids is 1. The topological polar surface area (TPSA) is 132 Å². The highest BCUT2D eigenvalue weighted by Crippen LogP contribution is 2.08. The van der Waals surface area contributed by atoms with Crippen molar-refractivity contribution in [1.29, 1.82) is 0 Å². The van der Waals surface area contributed by atoms with E-state index in [1.54, 1.807) is 0 Å². The number of rotatable bonds is 7. The van der Waals surface area contributed by atoms with Crippen molar-refractivity contribution >= 4 is 25.6 Å². The van der Waals surface area contributed by atoms with Crippen molar-refractivity contribution < 1.29 is 26.7 Å². The second-order valence-electron chi connectivity index (χ2n) is 3.40. The zero-order chi connectivity index (χ0) is 13.0. The predicted octanol–water partition coefficient (Wildman–Crippen LogP) is -1.75. The van der Waals surface area contributed by atoms with Crippen molar-refractivity contribution in [3.05, 3.63) is 0 Å². The van der Waals surface area contributed by atoms with Crippen LogP contribution in [0.1, 0.15) is 6.42 Å². The van der Waals surface area contributed by atoms with Gasteiger partial charge < -0.3 is 10.8 Å². The van der Waals surface area contributed by atoms with Crippen LogP contribution in [-0.2, 0) is 24.5 Å². The molecule has 96 valence electrons.